The molecule has 0 spiro atoms. The Bertz CT molecular complexity index is 694. The minimum absolute atomic E-state index is 0.309. The third-order valence-electron chi connectivity index (χ3n) is 5.33. The third-order valence-corrected chi connectivity index (χ3v) is 5.33. The van der Waals surface area contributed by atoms with E-state index in [0.717, 1.165) is 6.42 Å². The van der Waals surface area contributed by atoms with Gasteiger partial charge in [0.25, 0.3) is 0 Å². The Kier molecular flexibility index (Phi) is 6.66. The Labute approximate surface area is 159 Å². The van der Waals surface area contributed by atoms with Gasteiger partial charge in [-0.2, -0.15) is 0 Å². The van der Waals surface area contributed by atoms with Gasteiger partial charge < -0.3 is 0 Å². The van der Waals surface area contributed by atoms with Crippen LogP contribution in [0.2, 0.25) is 0 Å². The number of unbranched alkanes of at least 4 members (excludes halogenated alkanes) is 2. The summed E-state index contributed by atoms with van der Waals surface area (Å²) in [6.45, 7) is 2.28. The van der Waals surface area contributed by atoms with Crippen LogP contribution in [0.3, 0.4) is 0 Å². The van der Waals surface area contributed by atoms with Gasteiger partial charge in [-0.1, -0.05) is 111 Å². The average molecular weight is 343 g/mol. The van der Waals surface area contributed by atoms with Crippen molar-refractivity contribution in [3.05, 3.63) is 102 Å². The molecule has 0 fully saturated rings. The van der Waals surface area contributed by atoms with E-state index in [1.807, 2.05) is 0 Å². The summed E-state index contributed by atoms with van der Waals surface area (Å²) in [6.07, 6.45) is 19.2. The lowest BCUT2D eigenvalue weighted by Crippen LogP contribution is -2.13. The molecule has 2 aromatic carbocycles. The smallest absolute Gasteiger partial charge is 0.00672 e. The van der Waals surface area contributed by atoms with Gasteiger partial charge in [-0.25, -0.2) is 0 Å². The molecule has 0 N–H and O–H groups in total. The third kappa shape index (κ3) is 4.85. The van der Waals surface area contributed by atoms with Crippen molar-refractivity contribution in [2.75, 3.05) is 0 Å². The number of allylic oxidation sites excluding steroid dienone is 5. The summed E-state index contributed by atoms with van der Waals surface area (Å²) in [5.74, 6) is 0. The fourth-order valence-corrected chi connectivity index (χ4v) is 3.83. The predicted molar refractivity (Wildman–Crippen MR) is 114 cm³/mol. The zero-order valence-corrected chi connectivity index (χ0v) is 15.9. The molecule has 0 unspecified atom stereocenters. The second-order valence-electron chi connectivity index (χ2n) is 7.30. The number of hydrogen-bond acceptors (Lipinski definition) is 0. The highest BCUT2D eigenvalue weighted by atomic mass is 14.3. The van der Waals surface area contributed by atoms with Gasteiger partial charge in [-0.15, -0.1) is 0 Å². The van der Waals surface area contributed by atoms with Crippen LogP contribution in [-0.2, 0) is 0 Å². The van der Waals surface area contributed by atoms with E-state index in [9.17, 15) is 0 Å². The van der Waals surface area contributed by atoms with E-state index >= 15 is 0 Å². The maximum Gasteiger partial charge on any atom is 0.00672 e. The second kappa shape index (κ2) is 9.38. The van der Waals surface area contributed by atoms with E-state index in [4.69, 9.17) is 0 Å². The molecule has 1 aliphatic rings. The Morgan fingerprint density at radius 2 is 1.31 bits per heavy atom. The highest BCUT2D eigenvalue weighted by Crippen LogP contribution is 2.37. The van der Waals surface area contributed by atoms with Gasteiger partial charge in [-0.05, 0) is 42.4 Å². The molecule has 0 saturated carbocycles. The van der Waals surface area contributed by atoms with Gasteiger partial charge >= 0.3 is 0 Å². The molecule has 2 aromatic rings. The first-order valence-corrected chi connectivity index (χ1v) is 10.0. The van der Waals surface area contributed by atoms with E-state index in [1.165, 1.54) is 48.8 Å². The second-order valence-corrected chi connectivity index (χ2v) is 7.30. The summed E-state index contributed by atoms with van der Waals surface area (Å²) in [5.41, 5.74) is 4.27. The van der Waals surface area contributed by atoms with Crippen LogP contribution in [0.15, 0.2) is 91.0 Å². The van der Waals surface area contributed by atoms with E-state index in [-0.39, 0.29) is 0 Å². The van der Waals surface area contributed by atoms with E-state index in [2.05, 4.69) is 98.0 Å². The summed E-state index contributed by atoms with van der Waals surface area (Å²) in [5, 5.41) is 0. The highest BCUT2D eigenvalue weighted by molar-refractivity contribution is 5.79. The van der Waals surface area contributed by atoms with Crippen molar-refractivity contribution < 1.29 is 0 Å². The molecule has 3 rings (SSSR count). The van der Waals surface area contributed by atoms with Gasteiger partial charge in [0, 0.05) is 5.41 Å². The molecule has 0 bridgehead atoms. The van der Waals surface area contributed by atoms with Crippen LogP contribution in [0.1, 0.15) is 56.6 Å². The molecule has 134 valence electrons. The van der Waals surface area contributed by atoms with Crippen LogP contribution in [0.4, 0.5) is 0 Å². The molecule has 0 atom stereocenters. The molecule has 0 amide bonds. The van der Waals surface area contributed by atoms with Crippen molar-refractivity contribution in [2.24, 2.45) is 5.41 Å². The maximum absolute atomic E-state index is 2.43. The van der Waals surface area contributed by atoms with Crippen molar-refractivity contribution >= 4 is 5.57 Å². The van der Waals surface area contributed by atoms with Gasteiger partial charge in [0.15, 0.2) is 0 Å². The fourth-order valence-electron chi connectivity index (χ4n) is 3.83. The summed E-state index contributed by atoms with van der Waals surface area (Å²) in [7, 11) is 0. The van der Waals surface area contributed by atoms with Crippen molar-refractivity contribution in [1.29, 1.82) is 0 Å². The maximum atomic E-state index is 2.43. The van der Waals surface area contributed by atoms with E-state index < -0.39 is 0 Å². The molecule has 1 aliphatic carbocycles. The van der Waals surface area contributed by atoms with Crippen LogP contribution < -0.4 is 0 Å². The van der Waals surface area contributed by atoms with E-state index in [0.29, 0.717) is 5.41 Å². The van der Waals surface area contributed by atoms with Crippen LogP contribution in [0.5, 0.6) is 0 Å². The minimum atomic E-state index is 0.309. The molecular formula is C26H30. The number of benzene rings is 2. The van der Waals surface area contributed by atoms with E-state index in [1.54, 1.807) is 0 Å². The van der Waals surface area contributed by atoms with Crippen molar-refractivity contribution in [3.8, 4) is 0 Å². The Morgan fingerprint density at radius 1 is 0.769 bits per heavy atom. The summed E-state index contributed by atoms with van der Waals surface area (Å²) >= 11 is 0. The largest absolute Gasteiger partial charge is 0.0761 e. The van der Waals surface area contributed by atoms with Gasteiger partial charge in [0.05, 0.1) is 0 Å². The van der Waals surface area contributed by atoms with Crippen LogP contribution in [0.25, 0.3) is 5.57 Å². The van der Waals surface area contributed by atoms with Crippen molar-refractivity contribution in [1.82, 2.24) is 0 Å². The first-order valence-electron chi connectivity index (χ1n) is 10.0. The van der Waals surface area contributed by atoms with Gasteiger partial charge in [0.1, 0.15) is 0 Å². The predicted octanol–water partition coefficient (Wildman–Crippen LogP) is 7.59. The molecule has 0 nitrogen and oxygen atoms in total. The zero-order chi connectivity index (χ0) is 18.1. The van der Waals surface area contributed by atoms with Crippen molar-refractivity contribution in [2.45, 2.75) is 45.4 Å². The molecular weight excluding hydrogens is 312 g/mol. The molecule has 0 heterocycles. The molecule has 0 aromatic heterocycles. The first-order chi connectivity index (χ1) is 12.8. The summed E-state index contributed by atoms with van der Waals surface area (Å²) in [4.78, 5) is 0. The lowest BCUT2D eigenvalue weighted by atomic mass is 9.79. The molecule has 0 saturated heterocycles. The quantitative estimate of drug-likeness (QED) is 0.412. The lowest BCUT2D eigenvalue weighted by Gasteiger charge is -2.25. The Hall–Kier alpha value is -2.34. The summed E-state index contributed by atoms with van der Waals surface area (Å²) < 4.78 is 0. The monoisotopic (exact) mass is 342 g/mol. The molecule has 0 radical (unpaired) electrons. The van der Waals surface area contributed by atoms with Crippen LogP contribution >= 0.6 is 0 Å². The number of hydrogen-bond donors (Lipinski definition) is 0. The Morgan fingerprint density at radius 3 is 1.85 bits per heavy atom. The highest BCUT2D eigenvalue weighted by Gasteiger charge is 2.24. The molecule has 0 aliphatic heterocycles. The summed E-state index contributed by atoms with van der Waals surface area (Å²) in [6, 6.07) is 21.5. The Balaban J connectivity index is 1.69. The zero-order valence-electron chi connectivity index (χ0n) is 15.9. The minimum Gasteiger partial charge on any atom is -0.0761 e. The number of rotatable bonds is 9. The fraction of sp³-hybridized carbons (Fsp3) is 0.308. The van der Waals surface area contributed by atoms with Crippen LogP contribution in [-0.4, -0.2) is 0 Å². The topological polar surface area (TPSA) is 0 Å². The normalized spacial score (nSPS) is 14.5. The first kappa shape index (κ1) is 18.5. The lowest BCUT2D eigenvalue weighted by molar-refractivity contribution is 0.393. The molecule has 26 heavy (non-hydrogen) atoms. The van der Waals surface area contributed by atoms with Gasteiger partial charge in [0.2, 0.25) is 0 Å². The average Bonchev–Trinajstić information content (AvgIpc) is 3.17. The molecule has 0 heteroatoms. The SMILES string of the molecule is CCCCC1(CCCC=C(c2ccccc2)c2ccccc2)C=CC=C1. The van der Waals surface area contributed by atoms with Gasteiger partial charge in [-0.3, -0.25) is 0 Å². The van der Waals surface area contributed by atoms with Crippen LogP contribution in [0, 0.1) is 5.41 Å². The standard InChI is InChI=1S/C26H30/c1-2-3-19-26(21-12-13-22-26)20-11-10-18-25(23-14-6-4-7-15-23)24-16-8-5-9-17-24/h4-9,12-18,21-22H,2-3,10-11,19-20H2,1H3. The van der Waals surface area contributed by atoms with Crippen molar-refractivity contribution in [3.63, 3.8) is 0 Å².